The summed E-state index contributed by atoms with van der Waals surface area (Å²) < 4.78 is 5.64. The van der Waals surface area contributed by atoms with Crippen LogP contribution in [0.5, 0.6) is 5.75 Å². The standard InChI is InChI=1S/C28H30N2O2.CH4/c29-27(31)28(23-7-3-1-4-8-23,24-9-5-2-6-10-24)25-14-17-30(20-25)16-13-21-11-12-26-22(19-21)15-18-32-26;/h1-12,19,25H,13-18,20H2,(H2,29,31);1H4/t25-;/m1./s1. The number of ether oxygens (including phenoxy) is 1. The lowest BCUT2D eigenvalue weighted by atomic mass is 9.64. The highest BCUT2D eigenvalue weighted by atomic mass is 16.5. The third-order valence-electron chi connectivity index (χ3n) is 7.20. The van der Waals surface area contributed by atoms with E-state index in [2.05, 4.69) is 23.1 Å². The lowest BCUT2D eigenvalue weighted by molar-refractivity contribution is -0.123. The van der Waals surface area contributed by atoms with E-state index in [-0.39, 0.29) is 19.3 Å². The molecule has 0 bridgehead atoms. The average Bonchev–Trinajstić information content (AvgIpc) is 3.49. The zero-order chi connectivity index (χ0) is 22.0. The molecule has 0 saturated carbocycles. The maximum atomic E-state index is 13.2. The van der Waals surface area contributed by atoms with Gasteiger partial charge in [0.15, 0.2) is 0 Å². The molecule has 2 N–H and O–H groups in total. The number of likely N-dealkylation sites (tertiary alicyclic amines) is 1. The van der Waals surface area contributed by atoms with Crippen LogP contribution in [0, 0.1) is 5.92 Å². The van der Waals surface area contributed by atoms with E-state index in [4.69, 9.17) is 10.5 Å². The van der Waals surface area contributed by atoms with Crippen LogP contribution in [0.3, 0.4) is 0 Å². The van der Waals surface area contributed by atoms with Crippen molar-refractivity contribution in [2.75, 3.05) is 26.2 Å². The van der Waals surface area contributed by atoms with Crippen LogP contribution in [-0.4, -0.2) is 37.0 Å². The van der Waals surface area contributed by atoms with Crippen LogP contribution >= 0.6 is 0 Å². The van der Waals surface area contributed by atoms with Gasteiger partial charge in [-0.15, -0.1) is 0 Å². The van der Waals surface area contributed by atoms with Gasteiger partial charge in [-0.1, -0.05) is 80.2 Å². The van der Waals surface area contributed by atoms with Crippen LogP contribution < -0.4 is 10.5 Å². The minimum Gasteiger partial charge on any atom is -0.493 e. The summed E-state index contributed by atoms with van der Waals surface area (Å²) in [4.78, 5) is 15.7. The fraction of sp³-hybridized carbons (Fsp3) is 0.345. The Labute approximate surface area is 197 Å². The minimum absolute atomic E-state index is 0. The first kappa shape index (κ1) is 23.1. The number of carbonyl (C=O) groups is 1. The van der Waals surface area contributed by atoms with Gasteiger partial charge in [0.1, 0.15) is 11.2 Å². The maximum Gasteiger partial charge on any atom is 0.232 e. The molecule has 5 rings (SSSR count). The number of fused-ring (bicyclic) bond motifs is 1. The van der Waals surface area contributed by atoms with E-state index >= 15 is 0 Å². The quantitative estimate of drug-likeness (QED) is 0.582. The Hall–Kier alpha value is -3.11. The molecule has 4 heteroatoms. The van der Waals surface area contributed by atoms with Crippen molar-refractivity contribution in [3.8, 4) is 5.75 Å². The fourth-order valence-electron chi connectivity index (χ4n) is 5.60. The third-order valence-corrected chi connectivity index (χ3v) is 7.20. The first-order valence-electron chi connectivity index (χ1n) is 11.6. The third kappa shape index (κ3) is 4.28. The van der Waals surface area contributed by atoms with E-state index in [1.165, 1.54) is 11.1 Å². The summed E-state index contributed by atoms with van der Waals surface area (Å²) in [6.07, 6.45) is 2.95. The molecule has 1 saturated heterocycles. The van der Waals surface area contributed by atoms with Crippen molar-refractivity contribution in [2.24, 2.45) is 11.7 Å². The van der Waals surface area contributed by atoms with Crippen LogP contribution in [0.4, 0.5) is 0 Å². The molecule has 0 aromatic heterocycles. The van der Waals surface area contributed by atoms with Crippen molar-refractivity contribution in [2.45, 2.75) is 32.1 Å². The Morgan fingerprint density at radius 3 is 2.30 bits per heavy atom. The average molecular weight is 443 g/mol. The highest BCUT2D eigenvalue weighted by Crippen LogP contribution is 2.43. The molecule has 33 heavy (non-hydrogen) atoms. The summed E-state index contributed by atoms with van der Waals surface area (Å²) in [6, 6.07) is 26.7. The lowest BCUT2D eigenvalue weighted by Crippen LogP contribution is -2.49. The van der Waals surface area contributed by atoms with Gasteiger partial charge >= 0.3 is 0 Å². The molecule has 2 aliphatic rings. The molecule has 0 spiro atoms. The lowest BCUT2D eigenvalue weighted by Gasteiger charge is -2.37. The summed E-state index contributed by atoms with van der Waals surface area (Å²) in [6.45, 7) is 3.61. The number of primary amides is 1. The van der Waals surface area contributed by atoms with Crippen molar-refractivity contribution in [3.05, 3.63) is 101 Å². The van der Waals surface area contributed by atoms with Gasteiger partial charge in [0.05, 0.1) is 6.61 Å². The van der Waals surface area contributed by atoms with E-state index in [1.807, 2.05) is 60.7 Å². The SMILES string of the molecule is C.NC(=O)C(c1ccccc1)(c1ccccc1)[C@@H]1CCN(CCc2ccc3c(c2)CCO3)C1. The Bertz CT molecular complexity index is 1040. The number of rotatable bonds is 7. The molecule has 1 fully saturated rings. The van der Waals surface area contributed by atoms with Gasteiger partial charge < -0.3 is 15.4 Å². The second-order valence-electron chi connectivity index (χ2n) is 8.98. The first-order valence-corrected chi connectivity index (χ1v) is 11.6. The van der Waals surface area contributed by atoms with Crippen LogP contribution in [0.15, 0.2) is 78.9 Å². The van der Waals surface area contributed by atoms with Gasteiger partial charge in [0.25, 0.3) is 0 Å². The summed E-state index contributed by atoms with van der Waals surface area (Å²) in [5, 5.41) is 0. The normalized spacial score (nSPS) is 17.8. The van der Waals surface area contributed by atoms with Crippen molar-refractivity contribution in [1.82, 2.24) is 4.90 Å². The smallest absolute Gasteiger partial charge is 0.232 e. The van der Waals surface area contributed by atoms with Crippen molar-refractivity contribution < 1.29 is 9.53 Å². The Morgan fingerprint density at radius 2 is 1.67 bits per heavy atom. The predicted molar refractivity (Wildman–Crippen MR) is 133 cm³/mol. The van der Waals surface area contributed by atoms with E-state index < -0.39 is 5.41 Å². The molecular formula is C29H34N2O2. The van der Waals surface area contributed by atoms with Gasteiger partial charge in [-0.25, -0.2) is 0 Å². The number of hydrogen-bond donors (Lipinski definition) is 1. The highest BCUT2D eigenvalue weighted by molar-refractivity contribution is 5.91. The molecule has 172 valence electrons. The Kier molecular flexibility index (Phi) is 6.85. The number of carbonyl (C=O) groups excluding carboxylic acids is 1. The summed E-state index contributed by atoms with van der Waals surface area (Å²) in [5.74, 6) is 0.908. The molecule has 0 unspecified atom stereocenters. The highest BCUT2D eigenvalue weighted by Gasteiger charge is 2.49. The molecule has 2 heterocycles. The van der Waals surface area contributed by atoms with Crippen LogP contribution in [-0.2, 0) is 23.1 Å². The van der Waals surface area contributed by atoms with Crippen molar-refractivity contribution in [1.29, 1.82) is 0 Å². The van der Waals surface area contributed by atoms with E-state index in [1.54, 1.807) is 0 Å². The number of benzene rings is 3. The van der Waals surface area contributed by atoms with E-state index in [0.29, 0.717) is 0 Å². The van der Waals surface area contributed by atoms with Gasteiger partial charge in [-0.05, 0) is 53.6 Å². The number of hydrogen-bond acceptors (Lipinski definition) is 3. The van der Waals surface area contributed by atoms with Crippen LogP contribution in [0.25, 0.3) is 0 Å². The molecule has 3 aromatic carbocycles. The Balaban J connectivity index is 0.00000259. The molecule has 3 aromatic rings. The maximum absolute atomic E-state index is 13.2. The van der Waals surface area contributed by atoms with Gasteiger partial charge in [0, 0.05) is 19.5 Å². The largest absolute Gasteiger partial charge is 0.493 e. The molecule has 0 aliphatic carbocycles. The van der Waals surface area contributed by atoms with Crippen LogP contribution in [0.1, 0.15) is 36.1 Å². The molecule has 2 aliphatic heterocycles. The molecular weight excluding hydrogens is 408 g/mol. The van der Waals surface area contributed by atoms with E-state index in [9.17, 15) is 4.79 Å². The Morgan fingerprint density at radius 1 is 1.00 bits per heavy atom. The molecule has 4 nitrogen and oxygen atoms in total. The van der Waals surface area contributed by atoms with Crippen LogP contribution in [0.2, 0.25) is 0 Å². The summed E-state index contributed by atoms with van der Waals surface area (Å²) >= 11 is 0. The minimum atomic E-state index is -0.817. The molecule has 1 atom stereocenters. The molecule has 0 radical (unpaired) electrons. The van der Waals surface area contributed by atoms with Gasteiger partial charge in [-0.2, -0.15) is 0 Å². The fourth-order valence-corrected chi connectivity index (χ4v) is 5.60. The topological polar surface area (TPSA) is 55.6 Å². The number of nitrogens with zero attached hydrogens (tertiary/aromatic N) is 1. The number of amides is 1. The second kappa shape index (κ2) is 9.80. The second-order valence-corrected chi connectivity index (χ2v) is 8.98. The molecule has 1 amide bonds. The van der Waals surface area contributed by atoms with Gasteiger partial charge in [-0.3, -0.25) is 4.79 Å². The summed E-state index contributed by atoms with van der Waals surface area (Å²) in [5.41, 5.74) is 10.0. The van der Waals surface area contributed by atoms with Gasteiger partial charge in [0.2, 0.25) is 5.91 Å². The first-order chi connectivity index (χ1) is 15.7. The predicted octanol–water partition coefficient (Wildman–Crippen LogP) is 4.59. The zero-order valence-corrected chi connectivity index (χ0v) is 18.4. The monoisotopic (exact) mass is 442 g/mol. The number of nitrogens with two attached hydrogens (primary N) is 1. The van der Waals surface area contributed by atoms with E-state index in [0.717, 1.165) is 62.4 Å². The zero-order valence-electron chi connectivity index (χ0n) is 18.4. The van der Waals surface area contributed by atoms with Crippen molar-refractivity contribution in [3.63, 3.8) is 0 Å². The van der Waals surface area contributed by atoms with Crippen molar-refractivity contribution >= 4 is 5.91 Å². The summed E-state index contributed by atoms with van der Waals surface area (Å²) in [7, 11) is 0.